The van der Waals surface area contributed by atoms with Crippen molar-refractivity contribution in [1.29, 1.82) is 0 Å². The normalized spacial score (nSPS) is 13.2. The fourth-order valence-corrected chi connectivity index (χ4v) is 2.13. The molecule has 0 amide bonds. The van der Waals surface area contributed by atoms with Crippen LogP contribution in [-0.2, 0) is 16.0 Å². The molecule has 1 unspecified atom stereocenters. The molecular weight excluding hydrogens is 281 g/mol. The van der Waals surface area contributed by atoms with E-state index in [9.17, 15) is 18.0 Å². The summed E-state index contributed by atoms with van der Waals surface area (Å²) in [5.41, 5.74) is 0.818. The summed E-state index contributed by atoms with van der Waals surface area (Å²) in [4.78, 5) is 11.0. The van der Waals surface area contributed by atoms with Crippen LogP contribution in [0.5, 0.6) is 0 Å². The Morgan fingerprint density at radius 2 is 1.95 bits per heavy atom. The molecule has 0 fully saturated rings. The molecule has 1 atom stereocenters. The fraction of sp³-hybridized carbons (Fsp3) is 0.417. The third-order valence-corrected chi connectivity index (χ3v) is 3.23. The first-order valence-corrected chi connectivity index (χ1v) is 6.46. The van der Waals surface area contributed by atoms with E-state index in [1.54, 1.807) is 30.3 Å². The van der Waals surface area contributed by atoms with Gasteiger partial charge in [0, 0.05) is 0 Å². The predicted octanol–water partition coefficient (Wildman–Crippen LogP) is 2.95. The van der Waals surface area contributed by atoms with Gasteiger partial charge in [0.2, 0.25) is 0 Å². The number of carboxylic acids is 1. The summed E-state index contributed by atoms with van der Waals surface area (Å²) in [5.74, 6) is -1.37. The van der Waals surface area contributed by atoms with Crippen molar-refractivity contribution in [1.82, 2.24) is 0 Å². The molecule has 0 spiro atoms. The van der Waals surface area contributed by atoms with Crippen LogP contribution in [0.2, 0.25) is 0 Å². The summed E-state index contributed by atoms with van der Waals surface area (Å²) in [6, 6.07) is 8.90. The maximum atomic E-state index is 11.8. The number of aliphatic carboxylic acids is 1. The lowest BCUT2D eigenvalue weighted by atomic mass is 10.1. The van der Waals surface area contributed by atoms with Crippen molar-refractivity contribution < 1.29 is 27.8 Å². The molecule has 0 aliphatic heterocycles. The highest BCUT2D eigenvalue weighted by Crippen LogP contribution is 2.20. The second kappa shape index (κ2) is 7.40. The first-order valence-electron chi connectivity index (χ1n) is 5.41. The number of ether oxygens (including phenoxy) is 1. The van der Waals surface area contributed by atoms with Gasteiger partial charge in [-0.2, -0.15) is 13.2 Å². The largest absolute Gasteiger partial charge is 0.480 e. The standard InChI is InChI=1S/C12H13F3O3S/c13-12(14,15)7-18-8-19-10(11(16)17)6-9-4-2-1-3-5-9/h1-5,10H,6-8H2,(H,16,17). The molecule has 0 bridgehead atoms. The Hall–Kier alpha value is -1.21. The van der Waals surface area contributed by atoms with Crippen LogP contribution in [-0.4, -0.2) is 35.0 Å². The van der Waals surface area contributed by atoms with Crippen LogP contribution in [0.1, 0.15) is 5.56 Å². The zero-order chi connectivity index (χ0) is 14.3. The topological polar surface area (TPSA) is 46.5 Å². The number of carbonyl (C=O) groups is 1. The van der Waals surface area contributed by atoms with Crippen LogP contribution in [0.15, 0.2) is 30.3 Å². The number of hydrogen-bond acceptors (Lipinski definition) is 3. The van der Waals surface area contributed by atoms with Gasteiger partial charge in [0.1, 0.15) is 11.9 Å². The maximum absolute atomic E-state index is 11.8. The molecule has 0 radical (unpaired) electrons. The monoisotopic (exact) mass is 294 g/mol. The SMILES string of the molecule is O=C(O)C(Cc1ccccc1)SCOCC(F)(F)F. The van der Waals surface area contributed by atoms with E-state index < -0.39 is 24.0 Å². The highest BCUT2D eigenvalue weighted by Gasteiger charge is 2.28. The molecule has 0 aromatic heterocycles. The first kappa shape index (κ1) is 15.8. The molecule has 0 saturated heterocycles. The quantitative estimate of drug-likeness (QED) is 0.620. The van der Waals surface area contributed by atoms with Crippen LogP contribution in [0.25, 0.3) is 0 Å². The van der Waals surface area contributed by atoms with Crippen LogP contribution in [0.4, 0.5) is 13.2 Å². The molecule has 7 heteroatoms. The number of halogens is 3. The number of benzene rings is 1. The Morgan fingerprint density at radius 3 is 2.47 bits per heavy atom. The fourth-order valence-electron chi connectivity index (χ4n) is 1.33. The smallest absolute Gasteiger partial charge is 0.411 e. The van der Waals surface area contributed by atoms with Gasteiger partial charge in [0.05, 0.1) is 5.94 Å². The van der Waals surface area contributed by atoms with E-state index in [1.165, 1.54) is 0 Å². The predicted molar refractivity (Wildman–Crippen MR) is 66.0 cm³/mol. The molecule has 19 heavy (non-hydrogen) atoms. The van der Waals surface area contributed by atoms with E-state index in [0.717, 1.165) is 17.3 Å². The molecule has 1 N–H and O–H groups in total. The molecular formula is C12H13F3O3S. The number of rotatable bonds is 7. The zero-order valence-corrected chi connectivity index (χ0v) is 10.7. The summed E-state index contributed by atoms with van der Waals surface area (Å²) in [5, 5.41) is 8.17. The van der Waals surface area contributed by atoms with Gasteiger partial charge in [0.15, 0.2) is 0 Å². The molecule has 1 rings (SSSR count). The highest BCUT2D eigenvalue weighted by atomic mass is 32.2. The molecule has 106 valence electrons. The van der Waals surface area contributed by atoms with Crippen molar-refractivity contribution in [2.75, 3.05) is 12.5 Å². The molecule has 1 aromatic rings. The van der Waals surface area contributed by atoms with Gasteiger partial charge in [-0.15, -0.1) is 11.8 Å². The summed E-state index contributed by atoms with van der Waals surface area (Å²) in [6.07, 6.45) is -4.14. The minimum atomic E-state index is -4.39. The molecule has 3 nitrogen and oxygen atoms in total. The van der Waals surface area contributed by atoms with E-state index in [2.05, 4.69) is 4.74 Å². The highest BCUT2D eigenvalue weighted by molar-refractivity contribution is 8.00. The second-order valence-electron chi connectivity index (χ2n) is 3.76. The van der Waals surface area contributed by atoms with Crippen molar-refractivity contribution in [3.8, 4) is 0 Å². The van der Waals surface area contributed by atoms with Crippen LogP contribution in [0, 0.1) is 0 Å². The third kappa shape index (κ3) is 7.07. The lowest BCUT2D eigenvalue weighted by Crippen LogP contribution is -2.22. The Bertz CT molecular complexity index is 395. The van der Waals surface area contributed by atoms with Crippen LogP contribution in [0.3, 0.4) is 0 Å². The van der Waals surface area contributed by atoms with E-state index >= 15 is 0 Å². The van der Waals surface area contributed by atoms with Gasteiger partial charge >= 0.3 is 12.1 Å². The Balaban J connectivity index is 2.40. The van der Waals surface area contributed by atoms with Gasteiger partial charge in [0.25, 0.3) is 0 Å². The lowest BCUT2D eigenvalue weighted by Gasteiger charge is -2.13. The summed E-state index contributed by atoms with van der Waals surface area (Å²) in [7, 11) is 0. The number of hydrogen-bond donors (Lipinski definition) is 1. The van der Waals surface area contributed by atoms with Crippen molar-refractivity contribution in [2.45, 2.75) is 17.8 Å². The van der Waals surface area contributed by atoms with E-state index in [-0.39, 0.29) is 12.4 Å². The summed E-state index contributed by atoms with van der Waals surface area (Å²) in [6.45, 7) is -1.36. The second-order valence-corrected chi connectivity index (χ2v) is 4.90. The lowest BCUT2D eigenvalue weighted by molar-refractivity contribution is -0.168. The Labute approximate surface area is 112 Å². The minimum absolute atomic E-state index is 0.246. The molecule has 0 saturated carbocycles. The van der Waals surface area contributed by atoms with Gasteiger partial charge < -0.3 is 9.84 Å². The van der Waals surface area contributed by atoms with Crippen molar-refractivity contribution in [2.24, 2.45) is 0 Å². The van der Waals surface area contributed by atoms with E-state index in [4.69, 9.17) is 5.11 Å². The minimum Gasteiger partial charge on any atom is -0.480 e. The number of carboxylic acid groups (broad SMARTS) is 1. The van der Waals surface area contributed by atoms with Gasteiger partial charge in [-0.3, -0.25) is 4.79 Å². The zero-order valence-electron chi connectivity index (χ0n) is 9.89. The Kier molecular flexibility index (Phi) is 6.17. The summed E-state index contributed by atoms with van der Waals surface area (Å²) < 4.78 is 39.9. The van der Waals surface area contributed by atoms with Gasteiger partial charge in [-0.1, -0.05) is 30.3 Å². The molecule has 0 heterocycles. The van der Waals surface area contributed by atoms with Crippen molar-refractivity contribution in [3.63, 3.8) is 0 Å². The number of thioether (sulfide) groups is 1. The first-order chi connectivity index (χ1) is 8.88. The van der Waals surface area contributed by atoms with Crippen molar-refractivity contribution >= 4 is 17.7 Å². The van der Waals surface area contributed by atoms with Gasteiger partial charge in [-0.05, 0) is 12.0 Å². The number of alkyl halides is 3. The van der Waals surface area contributed by atoms with Crippen molar-refractivity contribution in [3.05, 3.63) is 35.9 Å². The molecule has 0 aliphatic rings. The van der Waals surface area contributed by atoms with E-state index in [1.807, 2.05) is 0 Å². The van der Waals surface area contributed by atoms with Crippen LogP contribution < -0.4 is 0 Å². The average molecular weight is 294 g/mol. The van der Waals surface area contributed by atoms with Gasteiger partial charge in [-0.25, -0.2) is 0 Å². The maximum Gasteiger partial charge on any atom is 0.411 e. The Morgan fingerprint density at radius 1 is 1.32 bits per heavy atom. The molecule has 0 aliphatic carbocycles. The van der Waals surface area contributed by atoms with Crippen LogP contribution >= 0.6 is 11.8 Å². The van der Waals surface area contributed by atoms with E-state index in [0.29, 0.717) is 0 Å². The molecule has 1 aromatic carbocycles. The average Bonchev–Trinajstić information content (AvgIpc) is 2.33. The third-order valence-electron chi connectivity index (χ3n) is 2.16. The summed E-state index contributed by atoms with van der Waals surface area (Å²) >= 11 is 0.843.